The summed E-state index contributed by atoms with van der Waals surface area (Å²) in [5.74, 6) is 1.34. The molecular weight excluding hydrogens is 190 g/mol. The molecule has 15 heavy (non-hydrogen) atoms. The van der Waals surface area contributed by atoms with E-state index < -0.39 is 0 Å². The van der Waals surface area contributed by atoms with Gasteiger partial charge in [-0.05, 0) is 38.1 Å². The zero-order valence-electron chi connectivity index (χ0n) is 10.1. The maximum absolute atomic E-state index is 5.78. The van der Waals surface area contributed by atoms with Gasteiger partial charge in [-0.15, -0.1) is 0 Å². The molecule has 1 aliphatic rings. The van der Waals surface area contributed by atoms with Crippen LogP contribution in [0.15, 0.2) is 0 Å². The molecule has 0 spiro atoms. The Bertz CT molecular complexity index is 164. The fourth-order valence-electron chi connectivity index (χ4n) is 2.38. The summed E-state index contributed by atoms with van der Waals surface area (Å²) in [4.78, 5) is 0. The van der Waals surface area contributed by atoms with Gasteiger partial charge in [0, 0.05) is 7.11 Å². The molecule has 0 aromatic heterocycles. The summed E-state index contributed by atoms with van der Waals surface area (Å²) in [6.45, 7) is 4.41. The van der Waals surface area contributed by atoms with Crippen LogP contribution in [0.5, 0.6) is 0 Å². The molecule has 1 rings (SSSR count). The molecule has 90 valence electrons. The predicted molar refractivity (Wildman–Crippen MR) is 61.8 cm³/mol. The number of methoxy groups -OCH3 is 1. The molecule has 0 amide bonds. The van der Waals surface area contributed by atoms with E-state index in [2.05, 4.69) is 6.92 Å². The number of ether oxygens (including phenoxy) is 2. The number of hydrogen-bond acceptors (Lipinski definition) is 3. The van der Waals surface area contributed by atoms with Crippen LogP contribution in [0.4, 0.5) is 0 Å². The van der Waals surface area contributed by atoms with Crippen molar-refractivity contribution < 1.29 is 9.47 Å². The number of hydrogen-bond donors (Lipinski definition) is 1. The molecule has 0 saturated heterocycles. The minimum atomic E-state index is 0.204. The SMILES string of the molecule is COCC(C)OCC1CCCCC1CN. The lowest BCUT2D eigenvalue weighted by Gasteiger charge is -2.31. The van der Waals surface area contributed by atoms with Crippen molar-refractivity contribution in [1.29, 1.82) is 0 Å². The van der Waals surface area contributed by atoms with E-state index in [1.165, 1.54) is 25.7 Å². The summed E-state index contributed by atoms with van der Waals surface area (Å²) < 4.78 is 10.8. The summed E-state index contributed by atoms with van der Waals surface area (Å²) in [7, 11) is 1.71. The van der Waals surface area contributed by atoms with Gasteiger partial charge >= 0.3 is 0 Å². The van der Waals surface area contributed by atoms with E-state index in [0.29, 0.717) is 18.4 Å². The number of rotatable bonds is 6. The Kier molecular flexibility index (Phi) is 6.22. The van der Waals surface area contributed by atoms with Crippen LogP contribution in [0.1, 0.15) is 32.6 Å². The maximum Gasteiger partial charge on any atom is 0.0780 e. The largest absolute Gasteiger partial charge is 0.382 e. The normalized spacial score (nSPS) is 29.0. The average Bonchev–Trinajstić information content (AvgIpc) is 2.27. The summed E-state index contributed by atoms with van der Waals surface area (Å²) >= 11 is 0. The van der Waals surface area contributed by atoms with E-state index >= 15 is 0 Å². The lowest BCUT2D eigenvalue weighted by Crippen LogP contribution is -2.31. The van der Waals surface area contributed by atoms with E-state index in [1.807, 2.05) is 0 Å². The lowest BCUT2D eigenvalue weighted by molar-refractivity contribution is -0.0214. The minimum Gasteiger partial charge on any atom is -0.382 e. The van der Waals surface area contributed by atoms with Crippen molar-refractivity contribution in [2.45, 2.75) is 38.7 Å². The first-order valence-corrected chi connectivity index (χ1v) is 6.08. The summed E-state index contributed by atoms with van der Waals surface area (Å²) in [6, 6.07) is 0. The molecule has 0 aromatic rings. The highest BCUT2D eigenvalue weighted by molar-refractivity contribution is 4.76. The van der Waals surface area contributed by atoms with E-state index in [1.54, 1.807) is 7.11 Å². The van der Waals surface area contributed by atoms with Crippen LogP contribution >= 0.6 is 0 Å². The van der Waals surface area contributed by atoms with Crippen molar-refractivity contribution in [2.24, 2.45) is 17.6 Å². The molecule has 3 unspecified atom stereocenters. The van der Waals surface area contributed by atoms with Crippen LogP contribution in [0.2, 0.25) is 0 Å². The average molecular weight is 215 g/mol. The van der Waals surface area contributed by atoms with Crippen LogP contribution in [0.25, 0.3) is 0 Å². The Hall–Kier alpha value is -0.120. The molecule has 3 atom stereocenters. The van der Waals surface area contributed by atoms with Crippen molar-refractivity contribution >= 4 is 0 Å². The van der Waals surface area contributed by atoms with Gasteiger partial charge in [-0.3, -0.25) is 0 Å². The zero-order valence-corrected chi connectivity index (χ0v) is 10.1. The van der Waals surface area contributed by atoms with Gasteiger partial charge in [0.25, 0.3) is 0 Å². The van der Waals surface area contributed by atoms with Crippen LogP contribution in [0, 0.1) is 11.8 Å². The maximum atomic E-state index is 5.78. The quantitative estimate of drug-likeness (QED) is 0.735. The van der Waals surface area contributed by atoms with Gasteiger partial charge in [0.15, 0.2) is 0 Å². The number of nitrogens with two attached hydrogens (primary N) is 1. The molecule has 0 heterocycles. The Morgan fingerprint density at radius 3 is 2.53 bits per heavy atom. The molecule has 2 N–H and O–H groups in total. The standard InChI is InChI=1S/C12H25NO2/c1-10(8-14-2)15-9-12-6-4-3-5-11(12)7-13/h10-12H,3-9,13H2,1-2H3. The Balaban J connectivity index is 2.22. The van der Waals surface area contributed by atoms with Crippen molar-refractivity contribution in [2.75, 3.05) is 26.9 Å². The summed E-state index contributed by atoms with van der Waals surface area (Å²) in [5.41, 5.74) is 5.78. The van der Waals surface area contributed by atoms with Gasteiger partial charge in [-0.25, -0.2) is 0 Å². The first kappa shape index (κ1) is 12.9. The van der Waals surface area contributed by atoms with E-state index in [-0.39, 0.29) is 6.10 Å². The smallest absolute Gasteiger partial charge is 0.0780 e. The van der Waals surface area contributed by atoms with Gasteiger partial charge in [0.1, 0.15) is 0 Å². The predicted octanol–water partition coefficient (Wildman–Crippen LogP) is 1.80. The molecule has 0 aliphatic heterocycles. The van der Waals surface area contributed by atoms with Crippen LogP contribution < -0.4 is 5.73 Å². The van der Waals surface area contributed by atoms with Gasteiger partial charge < -0.3 is 15.2 Å². The summed E-state index contributed by atoms with van der Waals surface area (Å²) in [5, 5.41) is 0. The monoisotopic (exact) mass is 215 g/mol. The van der Waals surface area contributed by atoms with Gasteiger partial charge in [-0.1, -0.05) is 12.8 Å². The lowest BCUT2D eigenvalue weighted by atomic mass is 9.80. The second kappa shape index (κ2) is 7.20. The topological polar surface area (TPSA) is 44.5 Å². The highest BCUT2D eigenvalue weighted by atomic mass is 16.5. The van der Waals surface area contributed by atoms with Crippen molar-refractivity contribution in [1.82, 2.24) is 0 Å². The molecule has 3 nitrogen and oxygen atoms in total. The fraction of sp³-hybridized carbons (Fsp3) is 1.00. The fourth-order valence-corrected chi connectivity index (χ4v) is 2.38. The Morgan fingerprint density at radius 2 is 1.93 bits per heavy atom. The zero-order chi connectivity index (χ0) is 11.1. The molecule has 1 saturated carbocycles. The highest BCUT2D eigenvalue weighted by Gasteiger charge is 2.24. The van der Waals surface area contributed by atoms with Crippen LogP contribution in [0.3, 0.4) is 0 Å². The molecule has 0 radical (unpaired) electrons. The van der Waals surface area contributed by atoms with Gasteiger partial charge in [0.05, 0.1) is 19.3 Å². The molecule has 0 bridgehead atoms. The molecule has 0 aromatic carbocycles. The second-order valence-electron chi connectivity index (χ2n) is 4.64. The van der Waals surface area contributed by atoms with E-state index in [4.69, 9.17) is 15.2 Å². The highest BCUT2D eigenvalue weighted by Crippen LogP contribution is 2.29. The second-order valence-corrected chi connectivity index (χ2v) is 4.64. The van der Waals surface area contributed by atoms with E-state index in [0.717, 1.165) is 13.2 Å². The third-order valence-corrected chi connectivity index (χ3v) is 3.37. The van der Waals surface area contributed by atoms with Crippen LogP contribution in [-0.2, 0) is 9.47 Å². The third-order valence-electron chi connectivity index (χ3n) is 3.37. The third kappa shape index (κ3) is 4.49. The van der Waals surface area contributed by atoms with Crippen molar-refractivity contribution in [3.05, 3.63) is 0 Å². The minimum absolute atomic E-state index is 0.204. The Labute approximate surface area is 93.3 Å². The van der Waals surface area contributed by atoms with Crippen LogP contribution in [-0.4, -0.2) is 33.0 Å². The van der Waals surface area contributed by atoms with Crippen molar-refractivity contribution in [3.63, 3.8) is 0 Å². The van der Waals surface area contributed by atoms with Gasteiger partial charge in [-0.2, -0.15) is 0 Å². The molecular formula is C12H25NO2. The first-order chi connectivity index (χ1) is 7.27. The first-order valence-electron chi connectivity index (χ1n) is 6.08. The Morgan fingerprint density at radius 1 is 1.27 bits per heavy atom. The van der Waals surface area contributed by atoms with E-state index in [9.17, 15) is 0 Å². The molecule has 1 fully saturated rings. The molecule has 3 heteroatoms. The molecule has 1 aliphatic carbocycles. The summed E-state index contributed by atoms with van der Waals surface area (Å²) in [6.07, 6.45) is 5.44. The van der Waals surface area contributed by atoms with Gasteiger partial charge in [0.2, 0.25) is 0 Å². The van der Waals surface area contributed by atoms with Crippen molar-refractivity contribution in [3.8, 4) is 0 Å².